The Bertz CT molecular complexity index is 1390. The van der Waals surface area contributed by atoms with Gasteiger partial charge in [0.05, 0.1) is 51.4 Å². The topological polar surface area (TPSA) is 95.1 Å². The Hall–Kier alpha value is -4.46. The first kappa shape index (κ1) is 25.2. The lowest BCUT2D eigenvalue weighted by molar-refractivity contribution is -0.116. The summed E-state index contributed by atoms with van der Waals surface area (Å²) in [5.41, 5.74) is 5.60. The molecule has 2 atom stereocenters. The fourth-order valence-electron chi connectivity index (χ4n) is 5.24. The van der Waals surface area contributed by atoms with E-state index in [4.69, 9.17) is 18.9 Å². The first-order chi connectivity index (χ1) is 18.5. The van der Waals surface area contributed by atoms with E-state index in [2.05, 4.69) is 10.6 Å². The van der Waals surface area contributed by atoms with Gasteiger partial charge in [0.15, 0.2) is 17.3 Å². The first-order valence-corrected chi connectivity index (χ1v) is 12.3. The van der Waals surface area contributed by atoms with E-state index in [1.54, 1.807) is 33.5 Å². The maximum absolute atomic E-state index is 13.9. The van der Waals surface area contributed by atoms with Gasteiger partial charge in [-0.25, -0.2) is 4.79 Å². The van der Waals surface area contributed by atoms with Gasteiger partial charge in [0, 0.05) is 17.7 Å². The van der Waals surface area contributed by atoms with Gasteiger partial charge in [0.25, 0.3) is 0 Å². The lowest BCUT2D eigenvalue weighted by Gasteiger charge is -2.30. The van der Waals surface area contributed by atoms with Crippen molar-refractivity contribution in [1.29, 1.82) is 0 Å². The Labute approximate surface area is 221 Å². The molecule has 3 aromatic carbocycles. The van der Waals surface area contributed by atoms with E-state index in [1.165, 1.54) is 7.11 Å². The Morgan fingerprint density at radius 2 is 1.47 bits per heavy atom. The number of ketones is 1. The minimum Gasteiger partial charge on any atom is -0.493 e. The molecule has 0 saturated carbocycles. The number of methoxy groups -OCH3 is 4. The number of Topliss-reactive ketones (excluding diaryl/α,β-unsaturated/α-hetero) is 1. The molecule has 0 amide bonds. The van der Waals surface area contributed by atoms with Crippen LogP contribution in [0.1, 0.15) is 46.3 Å². The maximum atomic E-state index is 13.9. The number of hydrogen-bond donors (Lipinski definition) is 2. The van der Waals surface area contributed by atoms with Gasteiger partial charge in [-0.15, -0.1) is 0 Å². The highest BCUT2D eigenvalue weighted by atomic mass is 16.5. The molecule has 0 unspecified atom stereocenters. The quantitative estimate of drug-likeness (QED) is 0.418. The second-order valence-corrected chi connectivity index (χ2v) is 9.24. The van der Waals surface area contributed by atoms with Gasteiger partial charge >= 0.3 is 5.97 Å². The molecule has 5 rings (SSSR count). The Kier molecular flexibility index (Phi) is 6.96. The zero-order valence-electron chi connectivity index (χ0n) is 21.8. The fourth-order valence-corrected chi connectivity index (χ4v) is 5.24. The zero-order chi connectivity index (χ0) is 26.8. The number of esters is 1. The fraction of sp³-hybridized carbons (Fsp3) is 0.267. The zero-order valence-corrected chi connectivity index (χ0v) is 21.8. The van der Waals surface area contributed by atoms with Crippen molar-refractivity contribution in [2.75, 3.05) is 39.1 Å². The van der Waals surface area contributed by atoms with Crippen molar-refractivity contribution in [3.63, 3.8) is 0 Å². The third-order valence-electron chi connectivity index (χ3n) is 7.13. The van der Waals surface area contributed by atoms with Crippen molar-refractivity contribution < 1.29 is 28.5 Å². The number of anilines is 2. The smallest absolute Gasteiger partial charge is 0.337 e. The second kappa shape index (κ2) is 10.5. The molecule has 2 N–H and O–H groups in total. The molecule has 0 fully saturated rings. The molecule has 38 heavy (non-hydrogen) atoms. The summed E-state index contributed by atoms with van der Waals surface area (Å²) in [5, 5.41) is 7.11. The van der Waals surface area contributed by atoms with Crippen LogP contribution in [0.5, 0.6) is 17.2 Å². The van der Waals surface area contributed by atoms with Crippen molar-refractivity contribution in [2.45, 2.75) is 24.8 Å². The first-order valence-electron chi connectivity index (χ1n) is 12.3. The molecule has 196 valence electrons. The van der Waals surface area contributed by atoms with Crippen LogP contribution in [0, 0.1) is 0 Å². The van der Waals surface area contributed by atoms with Crippen LogP contribution in [0.15, 0.2) is 71.9 Å². The van der Waals surface area contributed by atoms with Crippen LogP contribution in [-0.2, 0) is 9.53 Å². The average Bonchev–Trinajstić information content (AvgIpc) is 3.13. The highest BCUT2D eigenvalue weighted by Gasteiger charge is 2.36. The van der Waals surface area contributed by atoms with E-state index in [-0.39, 0.29) is 17.7 Å². The average molecular weight is 515 g/mol. The van der Waals surface area contributed by atoms with E-state index in [0.717, 1.165) is 28.2 Å². The molecule has 0 bridgehead atoms. The van der Waals surface area contributed by atoms with Gasteiger partial charge in [0.1, 0.15) is 0 Å². The van der Waals surface area contributed by atoms with Crippen LogP contribution < -0.4 is 24.8 Å². The number of carbonyl (C=O) groups excluding carboxylic acids is 2. The van der Waals surface area contributed by atoms with Crippen LogP contribution >= 0.6 is 0 Å². The summed E-state index contributed by atoms with van der Waals surface area (Å²) >= 11 is 0. The normalized spacial score (nSPS) is 18.3. The summed E-state index contributed by atoms with van der Waals surface area (Å²) in [6.07, 6.45) is 0.945. The van der Waals surface area contributed by atoms with Gasteiger partial charge in [-0.1, -0.05) is 24.3 Å². The Morgan fingerprint density at radius 1 is 0.816 bits per heavy atom. The predicted molar refractivity (Wildman–Crippen MR) is 144 cm³/mol. The molecular formula is C30H30N2O6. The summed E-state index contributed by atoms with van der Waals surface area (Å²) in [7, 11) is 6.09. The third-order valence-corrected chi connectivity index (χ3v) is 7.13. The van der Waals surface area contributed by atoms with E-state index in [9.17, 15) is 9.59 Å². The number of rotatable bonds is 6. The van der Waals surface area contributed by atoms with Crippen molar-refractivity contribution in [3.8, 4) is 17.2 Å². The monoisotopic (exact) mass is 514 g/mol. The Balaban J connectivity index is 1.57. The molecule has 0 saturated heterocycles. The summed E-state index contributed by atoms with van der Waals surface area (Å²) < 4.78 is 21.4. The lowest BCUT2D eigenvalue weighted by atomic mass is 9.78. The molecule has 0 aromatic heterocycles. The molecule has 3 aromatic rings. The molecule has 1 aliphatic heterocycles. The number of para-hydroxylation sites is 2. The van der Waals surface area contributed by atoms with Gasteiger partial charge in [-0.05, 0) is 59.9 Å². The van der Waals surface area contributed by atoms with Gasteiger partial charge in [0.2, 0.25) is 5.75 Å². The summed E-state index contributed by atoms with van der Waals surface area (Å²) in [6, 6.07) is 18.5. The highest BCUT2D eigenvalue weighted by molar-refractivity contribution is 6.01. The molecule has 1 aliphatic carbocycles. The molecular weight excluding hydrogens is 484 g/mol. The van der Waals surface area contributed by atoms with Crippen LogP contribution in [0.4, 0.5) is 11.4 Å². The predicted octanol–water partition coefficient (Wildman–Crippen LogP) is 5.48. The molecule has 2 aliphatic rings. The van der Waals surface area contributed by atoms with Crippen molar-refractivity contribution in [1.82, 2.24) is 0 Å². The third kappa shape index (κ3) is 4.53. The molecule has 0 radical (unpaired) electrons. The van der Waals surface area contributed by atoms with E-state index < -0.39 is 5.97 Å². The summed E-state index contributed by atoms with van der Waals surface area (Å²) in [5.74, 6) is 1.17. The molecule has 8 heteroatoms. The van der Waals surface area contributed by atoms with Gasteiger partial charge in [-0.2, -0.15) is 0 Å². The van der Waals surface area contributed by atoms with Gasteiger partial charge < -0.3 is 29.6 Å². The van der Waals surface area contributed by atoms with Crippen LogP contribution in [0.2, 0.25) is 0 Å². The number of benzene rings is 3. The number of fused-ring (bicyclic) bond motifs is 1. The number of carbonyl (C=O) groups is 2. The maximum Gasteiger partial charge on any atom is 0.337 e. The minimum absolute atomic E-state index is 0.0415. The number of allylic oxidation sites excluding steroid dienone is 1. The van der Waals surface area contributed by atoms with E-state index in [1.807, 2.05) is 48.5 Å². The molecule has 8 nitrogen and oxygen atoms in total. The van der Waals surface area contributed by atoms with Crippen molar-refractivity contribution in [3.05, 3.63) is 88.6 Å². The van der Waals surface area contributed by atoms with Gasteiger partial charge in [-0.3, -0.25) is 4.79 Å². The van der Waals surface area contributed by atoms with Crippen LogP contribution in [0.25, 0.3) is 0 Å². The Morgan fingerprint density at radius 3 is 2.08 bits per heavy atom. The van der Waals surface area contributed by atoms with Crippen LogP contribution in [-0.4, -0.2) is 40.2 Å². The minimum atomic E-state index is -0.403. The summed E-state index contributed by atoms with van der Waals surface area (Å²) in [6.45, 7) is 0. The van der Waals surface area contributed by atoms with Crippen molar-refractivity contribution >= 4 is 23.1 Å². The van der Waals surface area contributed by atoms with E-state index in [0.29, 0.717) is 41.2 Å². The highest BCUT2D eigenvalue weighted by Crippen LogP contribution is 2.47. The lowest BCUT2D eigenvalue weighted by Crippen LogP contribution is -2.27. The standard InChI is InChI=1S/C30H30N2O6/c1-35-25-15-20(16-26(36-2)29(25)37-3)19-13-23-27(24(33)14-19)28(32-22-8-6-5-7-21(22)31-23)17-9-11-18(12-10-17)30(34)38-4/h5-12,15-16,19,28,31-32H,13-14H2,1-4H3/t19-,28+/m1/s1. The molecule has 0 spiro atoms. The van der Waals surface area contributed by atoms with E-state index >= 15 is 0 Å². The molecule has 1 heterocycles. The summed E-state index contributed by atoms with van der Waals surface area (Å²) in [4.78, 5) is 25.8. The number of hydrogen-bond acceptors (Lipinski definition) is 8. The largest absolute Gasteiger partial charge is 0.493 e. The van der Waals surface area contributed by atoms with Crippen molar-refractivity contribution in [2.24, 2.45) is 0 Å². The second-order valence-electron chi connectivity index (χ2n) is 9.24. The number of nitrogens with one attached hydrogen (secondary N) is 2. The SMILES string of the molecule is COC(=O)c1ccc([C@@H]2Nc3ccccc3NC3=C2C(=O)C[C@H](c2cc(OC)c(OC)c(OC)c2)C3)cc1. The number of ether oxygens (including phenoxy) is 4. The van der Waals surface area contributed by atoms with Crippen LogP contribution in [0.3, 0.4) is 0 Å².